The molecule has 0 saturated heterocycles. The van der Waals surface area contributed by atoms with Crippen LogP contribution in [0.4, 0.5) is 8.78 Å². The lowest BCUT2D eigenvalue weighted by Gasteiger charge is -1.96. The Kier molecular flexibility index (Phi) is 4.04. The second-order valence-corrected chi connectivity index (χ2v) is 1.76. The highest BCUT2D eigenvalue weighted by atomic mass is 19.1. The summed E-state index contributed by atoms with van der Waals surface area (Å²) in [6.07, 6.45) is 0. The average Bonchev–Trinajstić information content (AvgIpc) is 2.05. The molecule has 0 unspecified atom stereocenters. The third kappa shape index (κ3) is 2.38. The first-order valence-corrected chi connectivity index (χ1v) is 3.48. The molecule has 2 N–H and O–H groups in total. The number of hydrogen-bond acceptors (Lipinski definition) is 2. The lowest BCUT2D eigenvalue weighted by Crippen LogP contribution is -1.79. The van der Waals surface area contributed by atoms with E-state index in [-0.39, 0.29) is 0 Å². The molecule has 0 heterocycles. The molecule has 0 amide bonds. The van der Waals surface area contributed by atoms with Gasteiger partial charge in [-0.25, -0.2) is 8.78 Å². The first-order chi connectivity index (χ1) is 5.61. The van der Waals surface area contributed by atoms with Crippen LogP contribution in [0.2, 0.25) is 0 Å². The van der Waals surface area contributed by atoms with Crippen LogP contribution in [0.3, 0.4) is 0 Å². The highest BCUT2D eigenvalue weighted by molar-refractivity contribution is 5.32. The quantitative estimate of drug-likeness (QED) is 0.596. The maximum absolute atomic E-state index is 12.2. The molecule has 0 atom stereocenters. The van der Waals surface area contributed by atoms with Gasteiger partial charge in [-0.1, -0.05) is 13.8 Å². The van der Waals surface area contributed by atoms with Crippen LogP contribution in [0.5, 0.6) is 11.5 Å². The Bertz CT molecular complexity index is 211. The van der Waals surface area contributed by atoms with E-state index >= 15 is 0 Å². The maximum Gasteiger partial charge on any atom is 0.168 e. The summed E-state index contributed by atoms with van der Waals surface area (Å²) in [5, 5.41) is 17.0. The van der Waals surface area contributed by atoms with Gasteiger partial charge in [0.25, 0.3) is 0 Å². The molecule has 0 aliphatic heterocycles. The summed E-state index contributed by atoms with van der Waals surface area (Å²) >= 11 is 0. The first kappa shape index (κ1) is 10.7. The summed E-state index contributed by atoms with van der Waals surface area (Å²) in [5.41, 5.74) is 0. The van der Waals surface area contributed by atoms with Crippen molar-refractivity contribution in [2.45, 2.75) is 13.8 Å². The van der Waals surface area contributed by atoms with Crippen LogP contribution < -0.4 is 0 Å². The fourth-order valence-corrected chi connectivity index (χ4v) is 0.526. The Morgan fingerprint density at radius 1 is 0.917 bits per heavy atom. The molecule has 4 heteroatoms. The maximum atomic E-state index is 12.2. The third-order valence-corrected chi connectivity index (χ3v) is 1.02. The molecule has 0 bridgehead atoms. The predicted molar refractivity (Wildman–Crippen MR) is 41.0 cm³/mol. The minimum Gasteiger partial charge on any atom is -0.505 e. The molecule has 1 aromatic carbocycles. The SMILES string of the molecule is CC.Oc1cc(F)c(O)cc1F. The van der Waals surface area contributed by atoms with Crippen LogP contribution in [-0.4, -0.2) is 10.2 Å². The van der Waals surface area contributed by atoms with Gasteiger partial charge in [0, 0.05) is 12.1 Å². The molecule has 0 radical (unpaired) electrons. The summed E-state index contributed by atoms with van der Waals surface area (Å²) < 4.78 is 24.4. The predicted octanol–water partition coefficient (Wildman–Crippen LogP) is 2.40. The highest BCUT2D eigenvalue weighted by Gasteiger charge is 2.06. The van der Waals surface area contributed by atoms with E-state index in [9.17, 15) is 8.78 Å². The number of rotatable bonds is 0. The van der Waals surface area contributed by atoms with Gasteiger partial charge in [-0.2, -0.15) is 0 Å². The van der Waals surface area contributed by atoms with Crippen LogP contribution in [0, 0.1) is 11.6 Å². The van der Waals surface area contributed by atoms with E-state index < -0.39 is 23.1 Å². The van der Waals surface area contributed by atoms with Gasteiger partial charge < -0.3 is 10.2 Å². The van der Waals surface area contributed by atoms with Crippen molar-refractivity contribution in [3.63, 3.8) is 0 Å². The topological polar surface area (TPSA) is 40.5 Å². The summed E-state index contributed by atoms with van der Waals surface area (Å²) in [6.45, 7) is 4.00. The van der Waals surface area contributed by atoms with Gasteiger partial charge in [0.2, 0.25) is 0 Å². The molecule has 1 rings (SSSR count). The Morgan fingerprint density at radius 2 is 1.17 bits per heavy atom. The zero-order valence-corrected chi connectivity index (χ0v) is 6.81. The lowest BCUT2D eigenvalue weighted by molar-refractivity contribution is 0.397. The molecule has 0 spiro atoms. The van der Waals surface area contributed by atoms with Gasteiger partial charge in [-0.05, 0) is 0 Å². The molecule has 12 heavy (non-hydrogen) atoms. The number of aromatic hydroxyl groups is 2. The van der Waals surface area contributed by atoms with Crippen LogP contribution in [0.25, 0.3) is 0 Å². The number of benzene rings is 1. The van der Waals surface area contributed by atoms with Crippen molar-refractivity contribution in [1.82, 2.24) is 0 Å². The van der Waals surface area contributed by atoms with Gasteiger partial charge in [0.05, 0.1) is 0 Å². The van der Waals surface area contributed by atoms with Crippen molar-refractivity contribution < 1.29 is 19.0 Å². The standard InChI is InChI=1S/C6H4F2O2.C2H6/c7-3-1-5(9)4(8)2-6(3)10;1-2/h1-2,9-10H;1-2H3. The van der Waals surface area contributed by atoms with E-state index in [2.05, 4.69) is 0 Å². The van der Waals surface area contributed by atoms with Gasteiger partial charge in [-0.15, -0.1) is 0 Å². The molecule has 0 fully saturated rings. The number of phenolic OH excluding ortho intramolecular Hbond substituents is 2. The smallest absolute Gasteiger partial charge is 0.168 e. The largest absolute Gasteiger partial charge is 0.505 e. The summed E-state index contributed by atoms with van der Waals surface area (Å²) in [6, 6.07) is 1.01. The van der Waals surface area contributed by atoms with Gasteiger partial charge in [0.1, 0.15) is 0 Å². The minimum atomic E-state index is -1.04. The summed E-state index contributed by atoms with van der Waals surface area (Å²) in [5.74, 6) is -3.71. The summed E-state index contributed by atoms with van der Waals surface area (Å²) in [7, 11) is 0. The van der Waals surface area contributed by atoms with E-state index in [4.69, 9.17) is 10.2 Å². The van der Waals surface area contributed by atoms with E-state index in [1.54, 1.807) is 0 Å². The van der Waals surface area contributed by atoms with Crippen LogP contribution >= 0.6 is 0 Å². The Balaban J connectivity index is 0.000000561. The van der Waals surface area contributed by atoms with Crippen molar-refractivity contribution >= 4 is 0 Å². The van der Waals surface area contributed by atoms with Crippen LogP contribution in [0.15, 0.2) is 12.1 Å². The minimum absolute atomic E-state index is 0.505. The molecule has 1 aromatic rings. The average molecular weight is 176 g/mol. The van der Waals surface area contributed by atoms with Crippen molar-refractivity contribution in [3.8, 4) is 11.5 Å². The van der Waals surface area contributed by atoms with E-state index in [0.717, 1.165) is 0 Å². The van der Waals surface area contributed by atoms with E-state index in [1.807, 2.05) is 13.8 Å². The van der Waals surface area contributed by atoms with Crippen molar-refractivity contribution in [2.75, 3.05) is 0 Å². The number of phenols is 2. The van der Waals surface area contributed by atoms with Crippen LogP contribution in [0.1, 0.15) is 13.8 Å². The Morgan fingerprint density at radius 3 is 1.42 bits per heavy atom. The second-order valence-electron chi connectivity index (χ2n) is 1.76. The van der Waals surface area contributed by atoms with Crippen molar-refractivity contribution in [2.24, 2.45) is 0 Å². The van der Waals surface area contributed by atoms with Crippen LogP contribution in [-0.2, 0) is 0 Å². The highest BCUT2D eigenvalue weighted by Crippen LogP contribution is 2.23. The second kappa shape index (κ2) is 4.54. The molecule has 0 aromatic heterocycles. The molecular weight excluding hydrogens is 166 g/mol. The fraction of sp³-hybridized carbons (Fsp3) is 0.250. The zero-order valence-electron chi connectivity index (χ0n) is 6.81. The van der Waals surface area contributed by atoms with Gasteiger partial charge >= 0.3 is 0 Å². The van der Waals surface area contributed by atoms with Gasteiger partial charge in [-0.3, -0.25) is 0 Å². The lowest BCUT2D eigenvalue weighted by atomic mass is 10.3. The Hall–Kier alpha value is -1.32. The molecule has 0 aliphatic carbocycles. The molecule has 68 valence electrons. The van der Waals surface area contributed by atoms with Crippen molar-refractivity contribution in [1.29, 1.82) is 0 Å². The van der Waals surface area contributed by atoms with E-state index in [1.165, 1.54) is 0 Å². The molecule has 0 saturated carbocycles. The monoisotopic (exact) mass is 176 g/mol. The van der Waals surface area contributed by atoms with Gasteiger partial charge in [0.15, 0.2) is 23.1 Å². The molecule has 0 aliphatic rings. The number of hydrogen-bond donors (Lipinski definition) is 2. The fourth-order valence-electron chi connectivity index (χ4n) is 0.526. The molecule has 2 nitrogen and oxygen atoms in total. The third-order valence-electron chi connectivity index (χ3n) is 1.02. The summed E-state index contributed by atoms with van der Waals surface area (Å²) in [4.78, 5) is 0. The zero-order chi connectivity index (χ0) is 9.72. The number of halogens is 2. The van der Waals surface area contributed by atoms with Crippen molar-refractivity contribution in [3.05, 3.63) is 23.8 Å². The Labute approximate surface area is 69.1 Å². The normalized spacial score (nSPS) is 8.67. The molecular formula is C8H10F2O2. The van der Waals surface area contributed by atoms with E-state index in [0.29, 0.717) is 12.1 Å². The first-order valence-electron chi connectivity index (χ1n) is 3.48.